The van der Waals surface area contributed by atoms with Crippen LogP contribution < -0.4 is 0 Å². The van der Waals surface area contributed by atoms with E-state index in [1.54, 1.807) is 11.3 Å². The van der Waals surface area contributed by atoms with Crippen molar-refractivity contribution in [1.29, 1.82) is 0 Å². The summed E-state index contributed by atoms with van der Waals surface area (Å²) in [6, 6.07) is 14.8. The van der Waals surface area contributed by atoms with Crippen LogP contribution in [0.3, 0.4) is 0 Å². The fourth-order valence-electron chi connectivity index (χ4n) is 2.44. The average molecular weight is 249 g/mol. The van der Waals surface area contributed by atoms with Gasteiger partial charge in [-0.1, -0.05) is 43.3 Å². The van der Waals surface area contributed by atoms with E-state index < -0.39 is 0 Å². The van der Waals surface area contributed by atoms with Crippen LogP contribution in [-0.4, -0.2) is 0 Å². The molecule has 82 valence electrons. The van der Waals surface area contributed by atoms with E-state index in [0.717, 1.165) is 6.42 Å². The van der Waals surface area contributed by atoms with Crippen LogP contribution in [0.4, 0.5) is 0 Å². The molecular weight excluding hydrogens is 236 g/mol. The maximum absolute atomic E-state index is 6.76. The lowest BCUT2D eigenvalue weighted by Crippen LogP contribution is -2.12. The number of halogens is 1. The molecule has 2 heteroatoms. The molecule has 0 amide bonds. The summed E-state index contributed by atoms with van der Waals surface area (Å²) in [6.45, 7) is 2.26. The van der Waals surface area contributed by atoms with E-state index in [1.807, 2.05) is 0 Å². The van der Waals surface area contributed by atoms with E-state index in [-0.39, 0.29) is 10.3 Å². The molecule has 1 saturated carbocycles. The van der Waals surface area contributed by atoms with Gasteiger partial charge in [-0.25, -0.2) is 0 Å². The Balaban J connectivity index is 2.00. The van der Waals surface area contributed by atoms with Gasteiger partial charge in [-0.15, -0.1) is 22.9 Å². The van der Waals surface area contributed by atoms with Gasteiger partial charge in [0, 0.05) is 10.3 Å². The Morgan fingerprint density at radius 1 is 1.12 bits per heavy atom. The number of thiophene rings is 1. The zero-order valence-corrected chi connectivity index (χ0v) is 10.7. The highest BCUT2D eigenvalue weighted by molar-refractivity contribution is 7.10. The van der Waals surface area contributed by atoms with E-state index in [1.165, 1.54) is 10.4 Å². The average Bonchev–Trinajstić information content (AvgIpc) is 2.75. The first-order valence-electron chi connectivity index (χ1n) is 5.45. The smallest absolute Gasteiger partial charge is 0.0890 e. The number of hydrogen-bond acceptors (Lipinski definition) is 1. The van der Waals surface area contributed by atoms with Crippen molar-refractivity contribution in [3.8, 4) is 0 Å². The minimum atomic E-state index is -0.178. The van der Waals surface area contributed by atoms with Crippen LogP contribution >= 0.6 is 22.9 Å². The molecule has 1 fully saturated rings. The fraction of sp³-hybridized carbons (Fsp3) is 0.286. The molecule has 16 heavy (non-hydrogen) atoms. The summed E-state index contributed by atoms with van der Waals surface area (Å²) >= 11 is 8.52. The molecule has 2 aromatic rings. The lowest BCUT2D eigenvalue weighted by Gasteiger charge is -2.16. The SMILES string of the molecule is CC1(c2ccccc2)CC1(Cl)c1cccs1. The normalized spacial score (nSPS) is 32.6. The summed E-state index contributed by atoms with van der Waals surface area (Å²) in [4.78, 5) is 1.11. The van der Waals surface area contributed by atoms with E-state index in [4.69, 9.17) is 11.6 Å². The number of alkyl halides is 1. The van der Waals surface area contributed by atoms with E-state index in [2.05, 4.69) is 54.8 Å². The minimum absolute atomic E-state index is 0.0979. The Hall–Kier alpha value is -0.790. The lowest BCUT2D eigenvalue weighted by molar-refractivity contribution is 0.721. The molecule has 1 heterocycles. The first-order chi connectivity index (χ1) is 7.67. The summed E-state index contributed by atoms with van der Waals surface area (Å²) in [6.07, 6.45) is 1.03. The van der Waals surface area contributed by atoms with Gasteiger partial charge in [0.05, 0.1) is 4.87 Å². The van der Waals surface area contributed by atoms with E-state index in [9.17, 15) is 0 Å². The maximum atomic E-state index is 6.76. The van der Waals surface area contributed by atoms with Crippen LogP contribution in [0.5, 0.6) is 0 Å². The molecule has 0 aliphatic heterocycles. The second-order valence-electron chi connectivity index (χ2n) is 4.65. The highest BCUT2D eigenvalue weighted by Gasteiger charge is 2.65. The van der Waals surface area contributed by atoms with Crippen LogP contribution in [0.25, 0.3) is 0 Å². The molecule has 0 bridgehead atoms. The van der Waals surface area contributed by atoms with Gasteiger partial charge in [0.15, 0.2) is 0 Å². The number of hydrogen-bond donors (Lipinski definition) is 0. The first-order valence-corrected chi connectivity index (χ1v) is 6.71. The monoisotopic (exact) mass is 248 g/mol. The maximum Gasteiger partial charge on any atom is 0.0890 e. The topological polar surface area (TPSA) is 0 Å². The van der Waals surface area contributed by atoms with Crippen molar-refractivity contribution in [3.63, 3.8) is 0 Å². The molecule has 0 saturated heterocycles. The summed E-state index contributed by atoms with van der Waals surface area (Å²) in [5, 5.41) is 2.10. The van der Waals surface area contributed by atoms with Crippen molar-refractivity contribution in [2.75, 3.05) is 0 Å². The van der Waals surface area contributed by atoms with Crippen molar-refractivity contribution >= 4 is 22.9 Å². The van der Waals surface area contributed by atoms with Gasteiger partial charge in [0.25, 0.3) is 0 Å². The molecule has 1 aromatic carbocycles. The third-order valence-corrected chi connectivity index (χ3v) is 5.57. The van der Waals surface area contributed by atoms with E-state index in [0.29, 0.717) is 0 Å². The van der Waals surface area contributed by atoms with Gasteiger partial charge in [0.2, 0.25) is 0 Å². The Morgan fingerprint density at radius 2 is 1.88 bits per heavy atom. The van der Waals surface area contributed by atoms with Crippen molar-refractivity contribution in [2.45, 2.75) is 23.6 Å². The van der Waals surface area contributed by atoms with Gasteiger partial charge in [-0.05, 0) is 23.4 Å². The zero-order chi connectivity index (χ0) is 11.2. The Labute approximate surface area is 105 Å². The minimum Gasteiger partial charge on any atom is -0.147 e. The first kappa shape index (κ1) is 10.4. The predicted molar refractivity (Wildman–Crippen MR) is 70.3 cm³/mol. The van der Waals surface area contributed by atoms with E-state index >= 15 is 0 Å². The standard InChI is InChI=1S/C14H13ClS/c1-13(11-6-3-2-4-7-11)10-14(13,15)12-8-5-9-16-12/h2-9H,10H2,1H3. The number of rotatable bonds is 2. The second kappa shape index (κ2) is 3.35. The summed E-state index contributed by atoms with van der Waals surface area (Å²) < 4.78 is 0. The van der Waals surface area contributed by atoms with Crippen LogP contribution in [0.15, 0.2) is 47.8 Å². The molecule has 0 radical (unpaired) electrons. The van der Waals surface area contributed by atoms with Crippen LogP contribution in [0.1, 0.15) is 23.8 Å². The molecule has 0 spiro atoms. The molecular formula is C14H13ClS. The summed E-state index contributed by atoms with van der Waals surface area (Å²) in [5.41, 5.74) is 1.44. The highest BCUT2D eigenvalue weighted by atomic mass is 35.5. The Morgan fingerprint density at radius 3 is 2.50 bits per heavy atom. The Bertz CT molecular complexity index is 491. The van der Waals surface area contributed by atoms with Crippen molar-refractivity contribution < 1.29 is 0 Å². The third kappa shape index (κ3) is 1.28. The zero-order valence-electron chi connectivity index (χ0n) is 9.11. The van der Waals surface area contributed by atoms with Crippen molar-refractivity contribution in [1.82, 2.24) is 0 Å². The molecule has 0 nitrogen and oxygen atoms in total. The second-order valence-corrected chi connectivity index (χ2v) is 6.25. The Kier molecular flexibility index (Phi) is 2.17. The van der Waals surface area contributed by atoms with Gasteiger partial charge in [0.1, 0.15) is 0 Å². The molecule has 2 atom stereocenters. The van der Waals surface area contributed by atoms with Gasteiger partial charge < -0.3 is 0 Å². The van der Waals surface area contributed by atoms with Gasteiger partial charge >= 0.3 is 0 Å². The molecule has 1 aromatic heterocycles. The predicted octanol–water partition coefficient (Wildman–Crippen LogP) is 4.54. The quantitative estimate of drug-likeness (QED) is 0.685. The molecule has 2 unspecified atom stereocenters. The van der Waals surface area contributed by atoms with Gasteiger partial charge in [-0.2, -0.15) is 0 Å². The van der Waals surface area contributed by atoms with Crippen LogP contribution in [0, 0.1) is 0 Å². The molecule has 1 aliphatic rings. The molecule has 0 N–H and O–H groups in total. The van der Waals surface area contributed by atoms with Crippen molar-refractivity contribution in [2.24, 2.45) is 0 Å². The summed E-state index contributed by atoms with van der Waals surface area (Å²) in [7, 11) is 0. The van der Waals surface area contributed by atoms with Crippen LogP contribution in [-0.2, 0) is 10.3 Å². The highest BCUT2D eigenvalue weighted by Crippen LogP contribution is 2.68. The van der Waals surface area contributed by atoms with Crippen LogP contribution in [0.2, 0.25) is 0 Å². The van der Waals surface area contributed by atoms with Crippen molar-refractivity contribution in [3.05, 3.63) is 58.3 Å². The fourth-order valence-corrected chi connectivity index (χ4v) is 3.96. The lowest BCUT2D eigenvalue weighted by atomic mass is 9.95. The molecule has 3 rings (SSSR count). The molecule has 1 aliphatic carbocycles. The third-order valence-electron chi connectivity index (χ3n) is 3.67. The van der Waals surface area contributed by atoms with Gasteiger partial charge in [-0.3, -0.25) is 0 Å². The largest absolute Gasteiger partial charge is 0.147 e. The number of benzene rings is 1. The summed E-state index contributed by atoms with van der Waals surface area (Å²) in [5.74, 6) is 0.